The first kappa shape index (κ1) is 10.0. The van der Waals surface area contributed by atoms with Gasteiger partial charge in [-0.1, -0.05) is 13.8 Å². The maximum atomic E-state index is 3.43. The zero-order valence-electron chi connectivity index (χ0n) is 8.64. The first-order valence-corrected chi connectivity index (χ1v) is 5.26. The molecule has 12 heavy (non-hydrogen) atoms. The van der Waals surface area contributed by atoms with Crippen LogP contribution in [-0.2, 0) is 0 Å². The minimum atomic E-state index is 0.726. The van der Waals surface area contributed by atoms with Crippen LogP contribution in [0.1, 0.15) is 33.6 Å². The van der Waals surface area contributed by atoms with Gasteiger partial charge in [-0.2, -0.15) is 0 Å². The predicted octanol–water partition coefficient (Wildman–Crippen LogP) is 1.47. The Morgan fingerprint density at radius 3 is 2.58 bits per heavy atom. The monoisotopic (exact) mass is 170 g/mol. The number of nitrogens with one attached hydrogen (secondary N) is 1. The molecular weight excluding hydrogens is 148 g/mol. The van der Waals surface area contributed by atoms with Crippen molar-refractivity contribution < 1.29 is 0 Å². The minimum Gasteiger partial charge on any atom is -0.314 e. The summed E-state index contributed by atoms with van der Waals surface area (Å²) in [5.41, 5.74) is 0. The van der Waals surface area contributed by atoms with Gasteiger partial charge in [0.1, 0.15) is 0 Å². The third kappa shape index (κ3) is 2.20. The van der Waals surface area contributed by atoms with E-state index in [9.17, 15) is 0 Å². The van der Waals surface area contributed by atoms with Crippen LogP contribution in [0.4, 0.5) is 0 Å². The quantitative estimate of drug-likeness (QED) is 0.690. The van der Waals surface area contributed by atoms with Gasteiger partial charge in [0.05, 0.1) is 0 Å². The van der Waals surface area contributed by atoms with E-state index in [4.69, 9.17) is 0 Å². The summed E-state index contributed by atoms with van der Waals surface area (Å²) in [6, 6.07) is 1.53. The summed E-state index contributed by atoms with van der Waals surface area (Å²) >= 11 is 0. The predicted molar refractivity (Wildman–Crippen MR) is 53.4 cm³/mol. The molecule has 2 nitrogen and oxygen atoms in total. The fourth-order valence-electron chi connectivity index (χ4n) is 2.16. The summed E-state index contributed by atoms with van der Waals surface area (Å²) in [4.78, 5) is 2.65. The lowest BCUT2D eigenvalue weighted by Gasteiger charge is -2.39. The van der Waals surface area contributed by atoms with Crippen molar-refractivity contribution in [2.75, 3.05) is 19.6 Å². The lowest BCUT2D eigenvalue weighted by molar-refractivity contribution is 0.110. The molecule has 0 amide bonds. The van der Waals surface area contributed by atoms with E-state index in [0.717, 1.165) is 18.6 Å². The summed E-state index contributed by atoms with van der Waals surface area (Å²) in [7, 11) is 0. The van der Waals surface area contributed by atoms with Crippen molar-refractivity contribution in [3.63, 3.8) is 0 Å². The zero-order chi connectivity index (χ0) is 8.97. The van der Waals surface area contributed by atoms with Crippen molar-refractivity contribution in [1.82, 2.24) is 10.2 Å². The SMILES string of the molecule is CCC(CC)N1CCNCC1C. The third-order valence-corrected chi connectivity index (χ3v) is 2.96. The highest BCUT2D eigenvalue weighted by atomic mass is 15.2. The molecule has 0 radical (unpaired) electrons. The van der Waals surface area contributed by atoms with E-state index in [-0.39, 0.29) is 0 Å². The van der Waals surface area contributed by atoms with E-state index in [1.165, 1.54) is 25.9 Å². The molecule has 1 saturated heterocycles. The Hall–Kier alpha value is -0.0800. The second-order valence-corrected chi connectivity index (χ2v) is 3.76. The number of rotatable bonds is 3. The molecule has 1 aliphatic rings. The van der Waals surface area contributed by atoms with Gasteiger partial charge >= 0.3 is 0 Å². The first-order chi connectivity index (χ1) is 5.79. The van der Waals surface area contributed by atoms with E-state index < -0.39 is 0 Å². The van der Waals surface area contributed by atoms with Gasteiger partial charge in [0.2, 0.25) is 0 Å². The Bertz CT molecular complexity index is 121. The van der Waals surface area contributed by atoms with Crippen molar-refractivity contribution in [2.24, 2.45) is 0 Å². The van der Waals surface area contributed by atoms with Crippen LogP contribution in [-0.4, -0.2) is 36.6 Å². The van der Waals surface area contributed by atoms with Crippen molar-refractivity contribution in [3.05, 3.63) is 0 Å². The Labute approximate surface area is 76.3 Å². The lowest BCUT2D eigenvalue weighted by atomic mass is 10.1. The van der Waals surface area contributed by atoms with Crippen LogP contribution in [0, 0.1) is 0 Å². The second kappa shape index (κ2) is 4.83. The minimum absolute atomic E-state index is 0.726. The number of piperazine rings is 1. The molecule has 0 spiro atoms. The average molecular weight is 170 g/mol. The molecule has 1 rings (SSSR count). The number of nitrogens with zero attached hydrogens (tertiary/aromatic N) is 1. The highest BCUT2D eigenvalue weighted by Gasteiger charge is 2.22. The standard InChI is InChI=1S/C10H22N2/c1-4-10(5-2)12-7-6-11-8-9(12)3/h9-11H,4-8H2,1-3H3. The molecule has 1 fully saturated rings. The van der Waals surface area contributed by atoms with Crippen LogP contribution < -0.4 is 5.32 Å². The molecule has 0 aliphatic carbocycles. The smallest absolute Gasteiger partial charge is 0.0195 e. The summed E-state index contributed by atoms with van der Waals surface area (Å²) in [5, 5.41) is 3.43. The molecule has 1 aliphatic heterocycles. The molecule has 1 unspecified atom stereocenters. The van der Waals surface area contributed by atoms with E-state index in [1.807, 2.05) is 0 Å². The Balaban J connectivity index is 2.45. The van der Waals surface area contributed by atoms with E-state index in [2.05, 4.69) is 31.0 Å². The molecule has 0 aromatic rings. The topological polar surface area (TPSA) is 15.3 Å². The lowest BCUT2D eigenvalue weighted by Crippen LogP contribution is -2.53. The van der Waals surface area contributed by atoms with Gasteiger partial charge < -0.3 is 5.32 Å². The molecule has 1 heterocycles. The zero-order valence-corrected chi connectivity index (χ0v) is 8.64. The van der Waals surface area contributed by atoms with Crippen LogP contribution in [0.5, 0.6) is 0 Å². The summed E-state index contributed by atoms with van der Waals surface area (Å²) in [6.45, 7) is 10.5. The molecule has 0 aromatic heterocycles. The summed E-state index contributed by atoms with van der Waals surface area (Å²) in [6.07, 6.45) is 2.58. The van der Waals surface area contributed by atoms with Crippen LogP contribution in [0.2, 0.25) is 0 Å². The summed E-state index contributed by atoms with van der Waals surface area (Å²) in [5.74, 6) is 0. The van der Waals surface area contributed by atoms with Gasteiger partial charge in [0, 0.05) is 31.7 Å². The maximum absolute atomic E-state index is 3.43. The average Bonchev–Trinajstić information content (AvgIpc) is 2.10. The van der Waals surface area contributed by atoms with Crippen LogP contribution in [0.15, 0.2) is 0 Å². The van der Waals surface area contributed by atoms with Gasteiger partial charge in [-0.15, -0.1) is 0 Å². The second-order valence-electron chi connectivity index (χ2n) is 3.76. The maximum Gasteiger partial charge on any atom is 0.0195 e. The van der Waals surface area contributed by atoms with Crippen molar-refractivity contribution in [3.8, 4) is 0 Å². The fraction of sp³-hybridized carbons (Fsp3) is 1.00. The molecular formula is C10H22N2. The van der Waals surface area contributed by atoms with Crippen LogP contribution in [0.25, 0.3) is 0 Å². The van der Waals surface area contributed by atoms with Gasteiger partial charge in [0.15, 0.2) is 0 Å². The normalized spacial score (nSPS) is 26.5. The van der Waals surface area contributed by atoms with Crippen LogP contribution >= 0.6 is 0 Å². The van der Waals surface area contributed by atoms with Gasteiger partial charge in [-0.05, 0) is 19.8 Å². The van der Waals surface area contributed by atoms with Crippen molar-refractivity contribution >= 4 is 0 Å². The highest BCUT2D eigenvalue weighted by molar-refractivity contribution is 4.80. The third-order valence-electron chi connectivity index (χ3n) is 2.96. The van der Waals surface area contributed by atoms with E-state index in [1.54, 1.807) is 0 Å². The fourth-order valence-corrected chi connectivity index (χ4v) is 2.16. The molecule has 1 N–H and O–H groups in total. The number of hydrogen-bond acceptors (Lipinski definition) is 2. The molecule has 72 valence electrons. The molecule has 0 aromatic carbocycles. The van der Waals surface area contributed by atoms with Gasteiger partial charge in [-0.25, -0.2) is 0 Å². The Morgan fingerprint density at radius 1 is 1.42 bits per heavy atom. The van der Waals surface area contributed by atoms with Crippen molar-refractivity contribution in [2.45, 2.75) is 45.7 Å². The molecule has 2 heteroatoms. The summed E-state index contributed by atoms with van der Waals surface area (Å²) < 4.78 is 0. The van der Waals surface area contributed by atoms with Crippen molar-refractivity contribution in [1.29, 1.82) is 0 Å². The molecule has 1 atom stereocenters. The molecule has 0 bridgehead atoms. The van der Waals surface area contributed by atoms with E-state index >= 15 is 0 Å². The number of hydrogen-bond donors (Lipinski definition) is 1. The highest BCUT2D eigenvalue weighted by Crippen LogP contribution is 2.13. The van der Waals surface area contributed by atoms with E-state index in [0.29, 0.717) is 0 Å². The van der Waals surface area contributed by atoms with Gasteiger partial charge in [-0.3, -0.25) is 4.90 Å². The Kier molecular flexibility index (Phi) is 4.02. The first-order valence-electron chi connectivity index (χ1n) is 5.26. The van der Waals surface area contributed by atoms with Gasteiger partial charge in [0.25, 0.3) is 0 Å². The molecule has 0 saturated carbocycles. The largest absolute Gasteiger partial charge is 0.314 e. The Morgan fingerprint density at radius 2 is 2.08 bits per heavy atom. The van der Waals surface area contributed by atoms with Crippen LogP contribution in [0.3, 0.4) is 0 Å².